The van der Waals surface area contributed by atoms with E-state index in [1.54, 1.807) is 12.1 Å². The number of carbonyl (C=O) groups is 1. The van der Waals surface area contributed by atoms with Crippen molar-refractivity contribution in [2.24, 2.45) is 16.6 Å². The van der Waals surface area contributed by atoms with Crippen LogP contribution in [0.15, 0.2) is 34.3 Å². The highest BCUT2D eigenvalue weighted by atomic mass is 35.5. The highest BCUT2D eigenvalue weighted by Crippen LogP contribution is 2.50. The molecule has 2 aliphatic heterocycles. The van der Waals surface area contributed by atoms with Crippen LogP contribution in [-0.2, 0) is 22.7 Å². The van der Waals surface area contributed by atoms with Crippen LogP contribution in [0.25, 0.3) is 0 Å². The van der Waals surface area contributed by atoms with E-state index in [-0.39, 0.29) is 44.0 Å². The molecule has 3 heterocycles. The van der Waals surface area contributed by atoms with E-state index in [0.29, 0.717) is 20.8 Å². The van der Waals surface area contributed by atoms with Crippen molar-refractivity contribution < 1.29 is 13.9 Å². The van der Waals surface area contributed by atoms with Crippen LogP contribution >= 0.6 is 23.4 Å². The monoisotopic (exact) mass is 792 g/mol. The third-order valence-electron chi connectivity index (χ3n) is 11.7. The average molecular weight is 794 g/mol. The fraction of sp³-hybridized carbons (Fsp3) is 0.703. The molecule has 4 fully saturated rings. The first-order valence-electron chi connectivity index (χ1n) is 18.7. The summed E-state index contributed by atoms with van der Waals surface area (Å²) < 4.78 is 32.9. The number of primary amides is 1. The van der Waals surface area contributed by atoms with Gasteiger partial charge in [0.1, 0.15) is 20.3 Å². The van der Waals surface area contributed by atoms with Crippen LogP contribution in [0, 0.1) is 10.8 Å². The Morgan fingerprint density at radius 1 is 0.962 bits per heavy atom. The molecular formula is C37H57ClN8O3S3. The van der Waals surface area contributed by atoms with Crippen LogP contribution in [0.4, 0.5) is 11.6 Å². The molecule has 0 radical (unpaired) electrons. The molecular weight excluding hydrogens is 736 g/mol. The van der Waals surface area contributed by atoms with E-state index in [2.05, 4.69) is 25.0 Å². The zero-order valence-electron chi connectivity index (χ0n) is 31.5. The number of nitrogens with two attached hydrogens (primary N) is 1. The van der Waals surface area contributed by atoms with Gasteiger partial charge in [-0.2, -0.15) is 0 Å². The molecule has 2 spiro atoms. The number of benzene rings is 1. The lowest BCUT2D eigenvalue weighted by Gasteiger charge is -2.45. The van der Waals surface area contributed by atoms with Crippen LogP contribution in [0.3, 0.4) is 0 Å². The van der Waals surface area contributed by atoms with E-state index in [9.17, 15) is 13.9 Å². The molecule has 52 heavy (non-hydrogen) atoms. The number of halogens is 1. The quantitative estimate of drug-likeness (QED) is 0.181. The summed E-state index contributed by atoms with van der Waals surface area (Å²) in [6, 6.07) is 5.70. The van der Waals surface area contributed by atoms with Crippen molar-refractivity contribution in [1.82, 2.24) is 24.7 Å². The normalized spacial score (nSPS) is 25.8. The van der Waals surface area contributed by atoms with Crippen molar-refractivity contribution in [2.45, 2.75) is 137 Å². The number of piperidine rings is 2. The number of carbonyl (C=O) groups excluding carboxylic acids is 1. The lowest BCUT2D eigenvalue weighted by atomic mass is 9.72. The fourth-order valence-corrected chi connectivity index (χ4v) is 11.7. The summed E-state index contributed by atoms with van der Waals surface area (Å²) in [5, 5.41) is 8.40. The van der Waals surface area contributed by atoms with E-state index in [4.69, 9.17) is 27.3 Å². The summed E-state index contributed by atoms with van der Waals surface area (Å²) in [5.74, 6) is 0.926. The van der Waals surface area contributed by atoms with Gasteiger partial charge in [-0.1, -0.05) is 35.9 Å². The van der Waals surface area contributed by atoms with E-state index >= 15 is 0 Å². The Bertz CT molecular complexity index is 1580. The van der Waals surface area contributed by atoms with Gasteiger partial charge in [0, 0.05) is 52.2 Å². The van der Waals surface area contributed by atoms with Gasteiger partial charge in [0.15, 0.2) is 5.82 Å². The molecule has 2 aliphatic carbocycles. The summed E-state index contributed by atoms with van der Waals surface area (Å²) in [6.07, 6.45) is 10.9. The Kier molecular flexibility index (Phi) is 12.3. The highest BCUT2D eigenvalue weighted by molar-refractivity contribution is 7.99. The van der Waals surface area contributed by atoms with E-state index < -0.39 is 28.6 Å². The minimum Gasteiger partial charge on any atom is -0.598 e. The second kappa shape index (κ2) is 15.9. The largest absolute Gasteiger partial charge is 0.598 e. The Hall–Kier alpha value is -1.49. The van der Waals surface area contributed by atoms with E-state index in [0.717, 1.165) is 89.8 Å². The summed E-state index contributed by atoms with van der Waals surface area (Å²) in [6.45, 7) is 15.6. The molecule has 5 atom stereocenters. The van der Waals surface area contributed by atoms with Crippen molar-refractivity contribution in [3.63, 3.8) is 0 Å². The molecule has 2 saturated carbocycles. The minimum absolute atomic E-state index is 0.0824. The van der Waals surface area contributed by atoms with Crippen LogP contribution < -0.4 is 30.7 Å². The Balaban J connectivity index is 1.28. The topological polar surface area (TPSA) is 166 Å². The Morgan fingerprint density at radius 2 is 1.60 bits per heavy atom. The number of anilines is 2. The Labute approximate surface area is 325 Å². The zero-order valence-corrected chi connectivity index (χ0v) is 34.7. The maximum Gasteiger partial charge on any atom is 0.250 e. The summed E-state index contributed by atoms with van der Waals surface area (Å²) in [4.78, 5) is 25.4. The predicted molar refractivity (Wildman–Crippen MR) is 215 cm³/mol. The standard InChI is InChI=1S/C37H57ClN8O3S3/c1-34(2,3)51(48)44-26-11-8-14-36(26)17-21-46(22-18-36)29-23-41-33(50-25-10-7-9-24(30(25)38)31(39)47)32(43-29)42-27-12-13-28(45-52(49)35(4,5)6)37(27)15-19-40-20-16-37/h7,9-10,23,26-28,40,44-45H,8,11-22H2,1-6H3,(H2,39,47)(H,42,43)/t26-,27?,28-,51-,52-/m1/s1. The van der Waals surface area contributed by atoms with Crippen LogP contribution in [-0.4, -0.2) is 78.8 Å². The molecule has 1 amide bonds. The molecule has 6 rings (SSSR count). The number of hydrogen-bond acceptors (Lipinski definition) is 11. The summed E-state index contributed by atoms with van der Waals surface area (Å²) >= 11 is 5.79. The highest BCUT2D eigenvalue weighted by Gasteiger charge is 2.53. The number of nitrogens with one attached hydrogen (secondary N) is 4. The molecule has 11 nitrogen and oxygen atoms in total. The molecule has 1 aromatic carbocycles. The van der Waals surface area contributed by atoms with E-state index in [1.165, 1.54) is 11.8 Å². The number of aromatic nitrogens is 2. The maximum absolute atomic E-state index is 13.4. The molecule has 1 aromatic heterocycles. The molecule has 2 saturated heterocycles. The molecule has 0 bridgehead atoms. The first-order chi connectivity index (χ1) is 24.5. The first kappa shape index (κ1) is 40.2. The third kappa shape index (κ3) is 8.50. The zero-order chi connectivity index (χ0) is 37.5. The second-order valence-corrected chi connectivity index (χ2v) is 22.5. The van der Waals surface area contributed by atoms with Gasteiger partial charge in [-0.3, -0.25) is 4.79 Å². The number of amides is 1. The van der Waals surface area contributed by atoms with Gasteiger partial charge >= 0.3 is 0 Å². The number of rotatable bonds is 10. The molecule has 288 valence electrons. The maximum atomic E-state index is 13.4. The smallest absolute Gasteiger partial charge is 0.250 e. The van der Waals surface area contributed by atoms with Crippen molar-refractivity contribution in [3.05, 3.63) is 35.0 Å². The van der Waals surface area contributed by atoms with Crippen LogP contribution in [0.5, 0.6) is 0 Å². The lowest BCUT2D eigenvalue weighted by Crippen LogP contribution is -2.56. The van der Waals surface area contributed by atoms with Gasteiger partial charge in [0.05, 0.1) is 28.9 Å². The minimum atomic E-state index is -1.19. The van der Waals surface area contributed by atoms with Gasteiger partial charge in [-0.25, -0.2) is 9.97 Å². The van der Waals surface area contributed by atoms with Gasteiger partial charge in [-0.05, 0) is 124 Å². The summed E-state index contributed by atoms with van der Waals surface area (Å²) in [5.41, 5.74) is 5.91. The third-order valence-corrected chi connectivity index (χ3v) is 16.5. The van der Waals surface area contributed by atoms with Gasteiger partial charge in [-0.15, -0.1) is 9.44 Å². The Morgan fingerprint density at radius 3 is 2.23 bits per heavy atom. The average Bonchev–Trinajstić information content (AvgIpc) is 3.61. The number of hydrogen-bond donors (Lipinski definition) is 5. The SMILES string of the molecule is CC(C)(C)[S@@+]([O-])N[C@@H]1CCCC12CCN(c1cnc(Sc3cccc(C(N)=O)c3Cl)c(NC3CC[C@@H](N[S@+]([O-])C(C)(C)C)C34CCNCC4)n1)CC2. The van der Waals surface area contributed by atoms with Crippen LogP contribution in [0.1, 0.15) is 110 Å². The first-order valence-corrected chi connectivity index (χ1v) is 22.2. The van der Waals surface area contributed by atoms with E-state index in [1.807, 2.05) is 53.8 Å². The summed E-state index contributed by atoms with van der Waals surface area (Å²) in [7, 11) is 0. The van der Waals surface area contributed by atoms with Crippen molar-refractivity contribution in [3.8, 4) is 0 Å². The predicted octanol–water partition coefficient (Wildman–Crippen LogP) is 5.94. The fourth-order valence-electron chi connectivity index (χ4n) is 8.59. The van der Waals surface area contributed by atoms with Crippen LogP contribution in [0.2, 0.25) is 5.02 Å². The molecule has 4 aliphatic rings. The van der Waals surface area contributed by atoms with Crippen molar-refractivity contribution in [2.75, 3.05) is 36.4 Å². The van der Waals surface area contributed by atoms with Crippen molar-refractivity contribution in [1.29, 1.82) is 0 Å². The molecule has 6 N–H and O–H groups in total. The molecule has 15 heteroatoms. The lowest BCUT2D eigenvalue weighted by molar-refractivity contribution is 0.1000. The van der Waals surface area contributed by atoms with Gasteiger partial charge < -0.3 is 30.4 Å². The van der Waals surface area contributed by atoms with Gasteiger partial charge in [0.2, 0.25) is 5.91 Å². The van der Waals surface area contributed by atoms with Gasteiger partial charge in [0.25, 0.3) is 0 Å². The van der Waals surface area contributed by atoms with Crippen molar-refractivity contribution >= 4 is 63.6 Å². The molecule has 2 aromatic rings. The second-order valence-electron chi connectivity index (χ2n) is 17.1. The molecule has 1 unspecified atom stereocenters. The number of nitrogens with zero attached hydrogens (tertiary/aromatic N) is 3.